The van der Waals surface area contributed by atoms with Crippen LogP contribution < -0.4 is 10.6 Å². The second-order valence-electron chi connectivity index (χ2n) is 3.83. The van der Waals surface area contributed by atoms with Crippen LogP contribution in [0, 0.1) is 0 Å². The van der Waals surface area contributed by atoms with E-state index < -0.39 is 6.55 Å². The molecule has 1 aromatic heterocycles. The molecule has 1 heterocycles. The third-order valence-corrected chi connectivity index (χ3v) is 2.01. The molecule has 2 amide bonds. The second-order valence-corrected chi connectivity index (χ2v) is 3.83. The van der Waals surface area contributed by atoms with Crippen LogP contribution in [-0.4, -0.2) is 28.2 Å². The zero-order chi connectivity index (χ0) is 12.8. The fraction of sp³-hybridized carbons (Fsp3) is 0.600. The lowest BCUT2D eigenvalue weighted by atomic mass is 10.4. The number of hydrogen-bond donors (Lipinski definition) is 2. The van der Waals surface area contributed by atoms with E-state index in [2.05, 4.69) is 15.6 Å². The Balaban J connectivity index is 2.36. The molecule has 0 radical (unpaired) electrons. The van der Waals surface area contributed by atoms with Crippen LogP contribution in [-0.2, 0) is 6.42 Å². The Morgan fingerprint density at radius 2 is 2.24 bits per heavy atom. The smallest absolute Gasteiger partial charge is 0.319 e. The molecule has 0 unspecified atom stereocenters. The van der Waals surface area contributed by atoms with E-state index in [1.165, 1.54) is 12.4 Å². The monoisotopic (exact) mass is 246 g/mol. The highest BCUT2D eigenvalue weighted by atomic mass is 19.3. The molecule has 96 valence electrons. The number of amides is 2. The molecule has 0 aliphatic carbocycles. The highest BCUT2D eigenvalue weighted by Crippen LogP contribution is 2.12. The van der Waals surface area contributed by atoms with Crippen LogP contribution in [0.25, 0.3) is 0 Å². The minimum absolute atomic E-state index is 0.0399. The first kappa shape index (κ1) is 13.4. The number of imidazole rings is 1. The van der Waals surface area contributed by atoms with E-state index >= 15 is 0 Å². The number of halogens is 2. The van der Waals surface area contributed by atoms with Crippen molar-refractivity contribution in [2.24, 2.45) is 0 Å². The van der Waals surface area contributed by atoms with Crippen molar-refractivity contribution in [1.29, 1.82) is 0 Å². The summed E-state index contributed by atoms with van der Waals surface area (Å²) in [6.07, 6.45) is 2.80. The zero-order valence-electron chi connectivity index (χ0n) is 9.78. The summed E-state index contributed by atoms with van der Waals surface area (Å²) in [5.41, 5.74) is 0. The summed E-state index contributed by atoms with van der Waals surface area (Å²) >= 11 is 0. The van der Waals surface area contributed by atoms with Crippen molar-refractivity contribution in [2.45, 2.75) is 32.9 Å². The molecule has 5 nitrogen and oxygen atoms in total. The van der Waals surface area contributed by atoms with Gasteiger partial charge in [-0.15, -0.1) is 0 Å². The van der Waals surface area contributed by atoms with E-state index in [1.807, 2.05) is 13.8 Å². The Morgan fingerprint density at radius 3 is 2.82 bits per heavy atom. The molecule has 0 spiro atoms. The molecule has 0 saturated carbocycles. The number of aromatic nitrogens is 2. The Kier molecular flexibility index (Phi) is 4.86. The minimum Gasteiger partial charge on any atom is -0.338 e. The molecule has 0 fully saturated rings. The van der Waals surface area contributed by atoms with E-state index in [9.17, 15) is 13.6 Å². The summed E-state index contributed by atoms with van der Waals surface area (Å²) in [4.78, 5) is 15.0. The molecule has 0 aliphatic heterocycles. The van der Waals surface area contributed by atoms with Crippen molar-refractivity contribution in [3.8, 4) is 0 Å². The van der Waals surface area contributed by atoms with E-state index in [0.29, 0.717) is 0 Å². The highest BCUT2D eigenvalue weighted by molar-refractivity contribution is 5.74. The number of carbonyl (C=O) groups is 1. The van der Waals surface area contributed by atoms with Gasteiger partial charge in [-0.25, -0.2) is 9.78 Å². The average molecular weight is 246 g/mol. The number of carbonyl (C=O) groups excluding carboxylic acids is 1. The van der Waals surface area contributed by atoms with Crippen LogP contribution in [0.15, 0.2) is 12.4 Å². The van der Waals surface area contributed by atoms with Crippen LogP contribution >= 0.6 is 0 Å². The predicted molar refractivity (Wildman–Crippen MR) is 58.9 cm³/mol. The standard InChI is InChI=1S/C10H16F2N4O/c1-7(2)15-10(17)14-4-3-8-13-5-6-16(8)9(11)12/h5-7,9H,3-4H2,1-2H3,(H2,14,15,17). The molecule has 0 atom stereocenters. The van der Waals surface area contributed by atoms with Gasteiger partial charge in [0, 0.05) is 31.4 Å². The highest BCUT2D eigenvalue weighted by Gasteiger charge is 2.11. The number of rotatable bonds is 5. The van der Waals surface area contributed by atoms with Gasteiger partial charge in [0.05, 0.1) is 0 Å². The summed E-state index contributed by atoms with van der Waals surface area (Å²) < 4.78 is 25.7. The van der Waals surface area contributed by atoms with Gasteiger partial charge in [-0.05, 0) is 13.8 Å². The summed E-state index contributed by atoms with van der Waals surface area (Å²) in [5.74, 6) is 0.254. The molecule has 2 N–H and O–H groups in total. The normalized spacial score (nSPS) is 10.9. The van der Waals surface area contributed by atoms with Crippen molar-refractivity contribution in [1.82, 2.24) is 20.2 Å². The number of nitrogens with zero attached hydrogens (tertiary/aromatic N) is 2. The van der Waals surface area contributed by atoms with Gasteiger partial charge < -0.3 is 10.6 Å². The quantitative estimate of drug-likeness (QED) is 0.827. The van der Waals surface area contributed by atoms with Gasteiger partial charge in [-0.2, -0.15) is 8.78 Å². The van der Waals surface area contributed by atoms with Gasteiger partial charge in [0.25, 0.3) is 0 Å². The maximum atomic E-state index is 12.4. The van der Waals surface area contributed by atoms with Crippen molar-refractivity contribution < 1.29 is 13.6 Å². The van der Waals surface area contributed by atoms with Gasteiger partial charge in [0.15, 0.2) is 0 Å². The van der Waals surface area contributed by atoms with E-state index in [1.54, 1.807) is 0 Å². The van der Waals surface area contributed by atoms with Gasteiger partial charge >= 0.3 is 12.6 Å². The summed E-state index contributed by atoms with van der Waals surface area (Å²) in [7, 11) is 0. The molecule has 1 rings (SSSR count). The average Bonchev–Trinajstić information content (AvgIpc) is 2.64. The summed E-state index contributed by atoms with van der Waals surface area (Å²) in [5, 5.41) is 5.20. The van der Waals surface area contributed by atoms with Gasteiger partial charge in [-0.1, -0.05) is 0 Å². The van der Waals surface area contributed by atoms with Crippen molar-refractivity contribution in [2.75, 3.05) is 6.54 Å². The Morgan fingerprint density at radius 1 is 1.53 bits per heavy atom. The molecule has 0 saturated heterocycles. The van der Waals surface area contributed by atoms with Gasteiger partial charge in [0.1, 0.15) is 5.82 Å². The fourth-order valence-electron chi connectivity index (χ4n) is 1.32. The van der Waals surface area contributed by atoms with Crippen molar-refractivity contribution >= 4 is 6.03 Å². The summed E-state index contributed by atoms with van der Waals surface area (Å²) in [6.45, 7) is 1.34. The lowest BCUT2D eigenvalue weighted by Gasteiger charge is -2.10. The third kappa shape index (κ3) is 4.38. The lowest BCUT2D eigenvalue weighted by Crippen LogP contribution is -2.40. The number of urea groups is 1. The van der Waals surface area contributed by atoms with Crippen LogP contribution in [0.3, 0.4) is 0 Å². The first-order valence-electron chi connectivity index (χ1n) is 5.35. The van der Waals surface area contributed by atoms with Crippen LogP contribution in [0.1, 0.15) is 26.2 Å². The van der Waals surface area contributed by atoms with Crippen LogP contribution in [0.4, 0.5) is 13.6 Å². The topological polar surface area (TPSA) is 59.0 Å². The minimum atomic E-state index is -2.60. The van der Waals surface area contributed by atoms with E-state index in [0.717, 1.165) is 4.57 Å². The van der Waals surface area contributed by atoms with Crippen LogP contribution in [0.2, 0.25) is 0 Å². The van der Waals surface area contributed by atoms with Gasteiger partial charge in [-0.3, -0.25) is 4.57 Å². The van der Waals surface area contributed by atoms with Crippen molar-refractivity contribution in [3.63, 3.8) is 0 Å². The maximum Gasteiger partial charge on any atom is 0.319 e. The largest absolute Gasteiger partial charge is 0.338 e. The first-order chi connectivity index (χ1) is 8.00. The molecule has 0 aliphatic rings. The van der Waals surface area contributed by atoms with E-state index in [4.69, 9.17) is 0 Å². The lowest BCUT2D eigenvalue weighted by molar-refractivity contribution is 0.0670. The fourth-order valence-corrected chi connectivity index (χ4v) is 1.32. The van der Waals surface area contributed by atoms with E-state index in [-0.39, 0.29) is 30.9 Å². The zero-order valence-corrected chi connectivity index (χ0v) is 9.78. The maximum absolute atomic E-state index is 12.4. The Hall–Kier alpha value is -1.66. The molecular formula is C10H16F2N4O. The molecule has 0 aromatic carbocycles. The summed E-state index contributed by atoms with van der Waals surface area (Å²) in [6, 6.07) is -0.270. The SMILES string of the molecule is CC(C)NC(=O)NCCc1nccn1C(F)F. The van der Waals surface area contributed by atoms with Gasteiger partial charge in [0.2, 0.25) is 0 Å². The predicted octanol–water partition coefficient (Wildman–Crippen LogP) is 1.53. The second kappa shape index (κ2) is 6.17. The first-order valence-corrected chi connectivity index (χ1v) is 5.35. The number of nitrogens with one attached hydrogen (secondary N) is 2. The third-order valence-electron chi connectivity index (χ3n) is 2.01. The molecular weight excluding hydrogens is 230 g/mol. The number of hydrogen-bond acceptors (Lipinski definition) is 2. The molecule has 7 heteroatoms. The molecule has 1 aromatic rings. The number of alkyl halides is 2. The molecule has 17 heavy (non-hydrogen) atoms. The Bertz CT molecular complexity index is 365. The molecule has 0 bridgehead atoms. The Labute approximate surface area is 98.2 Å². The van der Waals surface area contributed by atoms with Crippen molar-refractivity contribution in [3.05, 3.63) is 18.2 Å². The van der Waals surface area contributed by atoms with Crippen LogP contribution in [0.5, 0.6) is 0 Å².